The van der Waals surface area contributed by atoms with Gasteiger partial charge in [-0.1, -0.05) is 74.3 Å². The van der Waals surface area contributed by atoms with E-state index in [-0.39, 0.29) is 5.41 Å². The van der Waals surface area contributed by atoms with Gasteiger partial charge in [0.2, 0.25) is 0 Å². The summed E-state index contributed by atoms with van der Waals surface area (Å²) >= 11 is 3.58. The number of benzene rings is 1. The average molecular weight is 283 g/mol. The van der Waals surface area contributed by atoms with E-state index in [0.717, 1.165) is 11.2 Å². The van der Waals surface area contributed by atoms with Crippen LogP contribution in [0, 0.1) is 5.92 Å². The Labute approximate surface area is 109 Å². The van der Waals surface area contributed by atoms with Crippen LogP contribution in [0.2, 0.25) is 0 Å². The molecule has 1 rings (SSSR count). The van der Waals surface area contributed by atoms with Crippen molar-refractivity contribution in [3.05, 3.63) is 35.4 Å². The lowest BCUT2D eigenvalue weighted by Gasteiger charge is -2.19. The first-order chi connectivity index (χ1) is 7.47. The van der Waals surface area contributed by atoms with Crippen molar-refractivity contribution in [3.63, 3.8) is 0 Å². The molecule has 1 aromatic carbocycles. The molecule has 0 spiro atoms. The molecule has 16 heavy (non-hydrogen) atoms. The van der Waals surface area contributed by atoms with Gasteiger partial charge in [0.25, 0.3) is 0 Å². The predicted molar refractivity (Wildman–Crippen MR) is 76.4 cm³/mol. The first kappa shape index (κ1) is 13.8. The largest absolute Gasteiger partial charge is 0.0925 e. The van der Waals surface area contributed by atoms with Crippen molar-refractivity contribution in [2.24, 2.45) is 5.92 Å². The van der Waals surface area contributed by atoms with Crippen LogP contribution < -0.4 is 0 Å². The van der Waals surface area contributed by atoms with E-state index >= 15 is 0 Å². The summed E-state index contributed by atoms with van der Waals surface area (Å²) in [5.74, 6) is 0.764. The summed E-state index contributed by atoms with van der Waals surface area (Å²) in [5.41, 5.74) is 3.14. The fraction of sp³-hybridized carbons (Fsp3) is 0.600. The number of alkyl halides is 1. The second-order valence-electron chi connectivity index (χ2n) is 5.58. The van der Waals surface area contributed by atoms with Gasteiger partial charge >= 0.3 is 0 Å². The van der Waals surface area contributed by atoms with E-state index in [1.807, 2.05) is 0 Å². The Morgan fingerprint density at radius 1 is 1.12 bits per heavy atom. The van der Waals surface area contributed by atoms with Crippen LogP contribution in [0.1, 0.15) is 45.2 Å². The molecule has 0 bridgehead atoms. The van der Waals surface area contributed by atoms with E-state index < -0.39 is 0 Å². The molecular formula is C15H23Br. The van der Waals surface area contributed by atoms with Crippen molar-refractivity contribution in [2.45, 2.75) is 46.0 Å². The standard InChI is InChI=1S/C15H23Br/c1-5-12(11-16)10-13-6-8-14(9-7-13)15(2,3)4/h6-9,12H,5,10-11H2,1-4H3/t12-/m0/s1. The highest BCUT2D eigenvalue weighted by molar-refractivity contribution is 9.09. The van der Waals surface area contributed by atoms with Gasteiger partial charge in [-0.15, -0.1) is 0 Å². The quantitative estimate of drug-likeness (QED) is 0.686. The number of halogens is 1. The van der Waals surface area contributed by atoms with Gasteiger partial charge in [-0.2, -0.15) is 0 Å². The summed E-state index contributed by atoms with van der Waals surface area (Å²) in [6, 6.07) is 9.12. The molecule has 0 nitrogen and oxygen atoms in total. The minimum Gasteiger partial charge on any atom is -0.0925 e. The van der Waals surface area contributed by atoms with E-state index in [0.29, 0.717) is 0 Å². The van der Waals surface area contributed by atoms with Crippen molar-refractivity contribution in [3.8, 4) is 0 Å². The van der Waals surface area contributed by atoms with Gasteiger partial charge < -0.3 is 0 Å². The highest BCUT2D eigenvalue weighted by Gasteiger charge is 2.13. The molecule has 0 amide bonds. The minimum absolute atomic E-state index is 0.262. The van der Waals surface area contributed by atoms with Crippen LogP contribution in [-0.4, -0.2) is 5.33 Å². The molecule has 0 fully saturated rings. The maximum absolute atomic E-state index is 3.58. The molecule has 0 aliphatic carbocycles. The van der Waals surface area contributed by atoms with E-state index in [1.165, 1.54) is 24.0 Å². The van der Waals surface area contributed by atoms with E-state index in [4.69, 9.17) is 0 Å². The van der Waals surface area contributed by atoms with Crippen molar-refractivity contribution in [2.75, 3.05) is 5.33 Å². The maximum atomic E-state index is 3.58. The summed E-state index contributed by atoms with van der Waals surface area (Å²) in [6.07, 6.45) is 2.43. The molecule has 0 radical (unpaired) electrons. The normalized spacial score (nSPS) is 13.8. The summed E-state index contributed by atoms with van der Waals surface area (Å²) < 4.78 is 0. The molecule has 0 aromatic heterocycles. The van der Waals surface area contributed by atoms with Gasteiger partial charge in [-0.25, -0.2) is 0 Å². The Bertz CT molecular complexity index is 301. The molecule has 0 heterocycles. The molecule has 90 valence electrons. The van der Waals surface area contributed by atoms with Crippen molar-refractivity contribution < 1.29 is 0 Å². The van der Waals surface area contributed by atoms with Gasteiger partial charge in [0, 0.05) is 5.33 Å². The predicted octanol–water partition coefficient (Wildman–Crippen LogP) is 4.95. The van der Waals surface area contributed by atoms with Crippen LogP contribution in [0.15, 0.2) is 24.3 Å². The number of hydrogen-bond acceptors (Lipinski definition) is 0. The van der Waals surface area contributed by atoms with Crippen LogP contribution in [0.3, 0.4) is 0 Å². The van der Waals surface area contributed by atoms with Crippen molar-refractivity contribution in [1.82, 2.24) is 0 Å². The molecule has 0 aliphatic heterocycles. The Kier molecular flexibility index (Phi) is 5.04. The molecule has 1 aromatic rings. The van der Waals surface area contributed by atoms with Gasteiger partial charge in [0.1, 0.15) is 0 Å². The molecule has 1 atom stereocenters. The lowest BCUT2D eigenvalue weighted by Crippen LogP contribution is -2.11. The Balaban J connectivity index is 2.72. The highest BCUT2D eigenvalue weighted by atomic mass is 79.9. The second-order valence-corrected chi connectivity index (χ2v) is 6.23. The second kappa shape index (κ2) is 5.86. The zero-order valence-corrected chi connectivity index (χ0v) is 12.5. The molecule has 0 saturated heterocycles. The fourth-order valence-electron chi connectivity index (χ4n) is 1.78. The molecule has 0 saturated carbocycles. The van der Waals surface area contributed by atoms with Crippen molar-refractivity contribution >= 4 is 15.9 Å². The summed E-state index contributed by atoms with van der Waals surface area (Å²) in [4.78, 5) is 0. The zero-order chi connectivity index (χ0) is 12.2. The van der Waals surface area contributed by atoms with Crippen LogP contribution in [0.25, 0.3) is 0 Å². The first-order valence-corrected chi connectivity index (χ1v) is 7.25. The van der Waals surface area contributed by atoms with E-state index in [9.17, 15) is 0 Å². The minimum atomic E-state index is 0.262. The molecular weight excluding hydrogens is 260 g/mol. The van der Waals surface area contributed by atoms with Crippen molar-refractivity contribution in [1.29, 1.82) is 0 Å². The Morgan fingerprint density at radius 2 is 1.69 bits per heavy atom. The van der Waals surface area contributed by atoms with Crippen LogP contribution in [-0.2, 0) is 11.8 Å². The smallest absolute Gasteiger partial charge is 0.00627 e. The van der Waals surface area contributed by atoms with Gasteiger partial charge in [-0.3, -0.25) is 0 Å². The number of hydrogen-bond donors (Lipinski definition) is 0. The monoisotopic (exact) mass is 282 g/mol. The van der Waals surface area contributed by atoms with E-state index in [2.05, 4.69) is 67.9 Å². The Hall–Kier alpha value is -0.300. The SMILES string of the molecule is CC[C@H](CBr)Cc1ccc(C(C)(C)C)cc1. The molecule has 0 aliphatic rings. The maximum Gasteiger partial charge on any atom is 0.00627 e. The summed E-state index contributed by atoms with van der Waals surface area (Å²) in [7, 11) is 0. The van der Waals surface area contributed by atoms with Crippen LogP contribution >= 0.6 is 15.9 Å². The molecule has 0 unspecified atom stereocenters. The average Bonchev–Trinajstić information content (AvgIpc) is 2.25. The van der Waals surface area contributed by atoms with E-state index in [1.54, 1.807) is 0 Å². The fourth-order valence-corrected chi connectivity index (χ4v) is 2.47. The lowest BCUT2D eigenvalue weighted by atomic mass is 9.86. The third kappa shape index (κ3) is 3.93. The first-order valence-electron chi connectivity index (χ1n) is 6.12. The van der Waals surface area contributed by atoms with Crippen LogP contribution in [0.4, 0.5) is 0 Å². The molecule has 0 N–H and O–H groups in total. The Morgan fingerprint density at radius 3 is 2.06 bits per heavy atom. The van der Waals surface area contributed by atoms with Gasteiger partial charge in [0.05, 0.1) is 0 Å². The summed E-state index contributed by atoms with van der Waals surface area (Å²) in [6.45, 7) is 9.04. The lowest BCUT2D eigenvalue weighted by molar-refractivity contribution is 0.570. The third-order valence-electron chi connectivity index (χ3n) is 3.14. The van der Waals surface area contributed by atoms with Gasteiger partial charge in [-0.05, 0) is 28.9 Å². The number of rotatable bonds is 4. The van der Waals surface area contributed by atoms with Gasteiger partial charge in [0.15, 0.2) is 0 Å². The molecule has 1 heteroatoms. The highest BCUT2D eigenvalue weighted by Crippen LogP contribution is 2.23. The zero-order valence-electron chi connectivity index (χ0n) is 10.9. The summed E-state index contributed by atoms with van der Waals surface area (Å²) in [5, 5.41) is 1.10. The topological polar surface area (TPSA) is 0 Å². The van der Waals surface area contributed by atoms with Crippen LogP contribution in [0.5, 0.6) is 0 Å². The third-order valence-corrected chi connectivity index (χ3v) is 4.06.